The second-order valence-electron chi connectivity index (χ2n) is 5.17. The number of ether oxygens (including phenoxy) is 1. The van der Waals surface area contributed by atoms with Crippen LogP contribution in [-0.2, 0) is 11.2 Å². The van der Waals surface area contributed by atoms with Gasteiger partial charge in [0.2, 0.25) is 0 Å². The van der Waals surface area contributed by atoms with Gasteiger partial charge >= 0.3 is 0 Å². The topological polar surface area (TPSA) is 21.3 Å². The van der Waals surface area contributed by atoms with E-state index in [1.165, 1.54) is 6.42 Å². The zero-order valence-corrected chi connectivity index (χ0v) is 11.8. The summed E-state index contributed by atoms with van der Waals surface area (Å²) in [5, 5.41) is 3.51. The van der Waals surface area contributed by atoms with Crippen molar-refractivity contribution in [1.29, 1.82) is 0 Å². The van der Waals surface area contributed by atoms with Crippen LogP contribution in [0.15, 0.2) is 18.2 Å². The highest BCUT2D eigenvalue weighted by molar-refractivity contribution is 5.35. The summed E-state index contributed by atoms with van der Waals surface area (Å²) in [6.07, 6.45) is 5.20. The predicted molar refractivity (Wildman–Crippen MR) is 75.8 cm³/mol. The molecule has 0 amide bonds. The molecule has 0 aromatic heterocycles. The number of halogens is 1. The Balaban J connectivity index is 1.67. The number of unbranched alkanes of at least 4 members (excludes halogenated alkanes) is 1. The molecule has 1 aromatic carbocycles. The van der Waals surface area contributed by atoms with Crippen LogP contribution < -0.4 is 5.32 Å². The summed E-state index contributed by atoms with van der Waals surface area (Å²) in [6.45, 7) is 4.79. The molecule has 1 unspecified atom stereocenters. The lowest BCUT2D eigenvalue weighted by atomic mass is 10.1. The molecule has 0 radical (unpaired) electrons. The minimum atomic E-state index is -0.0512. The van der Waals surface area contributed by atoms with Gasteiger partial charge in [-0.25, -0.2) is 4.39 Å². The highest BCUT2D eigenvalue weighted by atomic mass is 19.1. The van der Waals surface area contributed by atoms with Crippen LogP contribution in [0.2, 0.25) is 0 Å². The van der Waals surface area contributed by atoms with Crippen LogP contribution in [0.1, 0.15) is 49.8 Å². The minimum Gasteiger partial charge on any atom is -0.381 e. The molecular weight excluding hydrogens is 241 g/mol. The Morgan fingerprint density at radius 3 is 3.00 bits per heavy atom. The van der Waals surface area contributed by atoms with Gasteiger partial charge in [0.15, 0.2) is 0 Å². The molecule has 0 saturated carbocycles. The van der Waals surface area contributed by atoms with Gasteiger partial charge in [0.1, 0.15) is 5.82 Å². The van der Waals surface area contributed by atoms with Crippen LogP contribution in [-0.4, -0.2) is 19.8 Å². The van der Waals surface area contributed by atoms with E-state index in [0.717, 1.165) is 56.6 Å². The number of hydrogen-bond donors (Lipinski definition) is 1. The molecule has 1 aromatic rings. The van der Waals surface area contributed by atoms with Gasteiger partial charge in [0.05, 0.1) is 0 Å². The summed E-state index contributed by atoms with van der Waals surface area (Å²) in [5.74, 6) is -0.0512. The number of rotatable bonds is 8. The SMILES string of the molecule is CCCCOCCCNC1CCc2c(F)cccc21. The van der Waals surface area contributed by atoms with Crippen molar-refractivity contribution < 1.29 is 9.13 Å². The number of benzene rings is 1. The fourth-order valence-electron chi connectivity index (χ4n) is 2.62. The van der Waals surface area contributed by atoms with E-state index in [1.807, 2.05) is 12.1 Å². The Bertz CT molecular complexity index is 394. The Morgan fingerprint density at radius 1 is 1.32 bits per heavy atom. The predicted octanol–water partition coefficient (Wildman–Crippen LogP) is 3.61. The van der Waals surface area contributed by atoms with E-state index in [2.05, 4.69) is 12.2 Å². The molecule has 2 rings (SSSR count). The zero-order chi connectivity index (χ0) is 13.5. The fourth-order valence-corrected chi connectivity index (χ4v) is 2.62. The summed E-state index contributed by atoms with van der Waals surface area (Å²) in [4.78, 5) is 0. The summed E-state index contributed by atoms with van der Waals surface area (Å²) >= 11 is 0. The van der Waals surface area contributed by atoms with E-state index >= 15 is 0 Å². The lowest BCUT2D eigenvalue weighted by Gasteiger charge is -2.14. The van der Waals surface area contributed by atoms with Crippen molar-refractivity contribution in [3.05, 3.63) is 35.1 Å². The fraction of sp³-hybridized carbons (Fsp3) is 0.625. The Labute approximate surface area is 115 Å². The van der Waals surface area contributed by atoms with Crippen LogP contribution in [0.5, 0.6) is 0 Å². The average Bonchev–Trinajstić information content (AvgIpc) is 2.83. The first kappa shape index (κ1) is 14.5. The number of nitrogens with one attached hydrogen (secondary N) is 1. The van der Waals surface area contributed by atoms with Crippen LogP contribution in [0.3, 0.4) is 0 Å². The van der Waals surface area contributed by atoms with Crippen LogP contribution in [0, 0.1) is 5.82 Å². The third-order valence-corrected chi connectivity index (χ3v) is 3.71. The van der Waals surface area contributed by atoms with Gasteiger partial charge in [-0.15, -0.1) is 0 Å². The first-order valence-electron chi connectivity index (χ1n) is 7.41. The molecule has 106 valence electrons. The maximum absolute atomic E-state index is 13.6. The van der Waals surface area contributed by atoms with E-state index in [9.17, 15) is 4.39 Å². The molecule has 1 aliphatic rings. The largest absolute Gasteiger partial charge is 0.381 e. The van der Waals surface area contributed by atoms with Crippen molar-refractivity contribution in [3.8, 4) is 0 Å². The van der Waals surface area contributed by atoms with Crippen LogP contribution >= 0.6 is 0 Å². The van der Waals surface area contributed by atoms with Crippen molar-refractivity contribution in [2.75, 3.05) is 19.8 Å². The molecule has 2 nitrogen and oxygen atoms in total. The molecule has 3 heteroatoms. The van der Waals surface area contributed by atoms with Crippen molar-refractivity contribution in [1.82, 2.24) is 5.32 Å². The van der Waals surface area contributed by atoms with Crippen molar-refractivity contribution in [2.24, 2.45) is 0 Å². The van der Waals surface area contributed by atoms with E-state index < -0.39 is 0 Å². The first-order valence-corrected chi connectivity index (χ1v) is 7.41. The summed E-state index contributed by atoms with van der Waals surface area (Å²) in [6, 6.07) is 5.73. The van der Waals surface area contributed by atoms with Gasteiger partial charge in [-0.1, -0.05) is 25.5 Å². The van der Waals surface area contributed by atoms with Crippen molar-refractivity contribution in [3.63, 3.8) is 0 Å². The standard InChI is InChI=1S/C16H24FNO/c1-2-3-11-19-12-5-10-18-16-9-8-13-14(16)6-4-7-15(13)17/h4,6-7,16,18H,2-3,5,8-12H2,1H3. The van der Waals surface area contributed by atoms with E-state index in [0.29, 0.717) is 6.04 Å². The van der Waals surface area contributed by atoms with E-state index in [1.54, 1.807) is 6.07 Å². The molecule has 1 aliphatic carbocycles. The van der Waals surface area contributed by atoms with Gasteiger partial charge in [-0.3, -0.25) is 0 Å². The molecule has 19 heavy (non-hydrogen) atoms. The monoisotopic (exact) mass is 265 g/mol. The molecule has 0 spiro atoms. The molecular formula is C16H24FNO. The number of hydrogen-bond acceptors (Lipinski definition) is 2. The zero-order valence-electron chi connectivity index (χ0n) is 11.8. The highest BCUT2D eigenvalue weighted by Crippen LogP contribution is 2.32. The minimum absolute atomic E-state index is 0.0512. The van der Waals surface area contributed by atoms with Gasteiger partial charge < -0.3 is 10.1 Å². The average molecular weight is 265 g/mol. The quantitative estimate of drug-likeness (QED) is 0.725. The van der Waals surface area contributed by atoms with E-state index in [-0.39, 0.29) is 5.82 Å². The Hall–Kier alpha value is -0.930. The summed E-state index contributed by atoms with van der Waals surface area (Å²) in [7, 11) is 0. The Kier molecular flexibility index (Phi) is 5.80. The molecule has 1 N–H and O–H groups in total. The van der Waals surface area contributed by atoms with Gasteiger partial charge in [-0.05, 0) is 49.4 Å². The molecule has 0 heterocycles. The van der Waals surface area contributed by atoms with Crippen molar-refractivity contribution in [2.45, 2.75) is 45.1 Å². The third-order valence-electron chi connectivity index (χ3n) is 3.71. The van der Waals surface area contributed by atoms with E-state index in [4.69, 9.17) is 4.74 Å². The second kappa shape index (κ2) is 7.61. The first-order chi connectivity index (χ1) is 9.33. The summed E-state index contributed by atoms with van der Waals surface area (Å²) in [5.41, 5.74) is 2.05. The normalized spacial score (nSPS) is 17.7. The smallest absolute Gasteiger partial charge is 0.126 e. The second-order valence-corrected chi connectivity index (χ2v) is 5.17. The maximum atomic E-state index is 13.6. The Morgan fingerprint density at radius 2 is 2.16 bits per heavy atom. The molecule has 1 atom stereocenters. The lowest BCUT2D eigenvalue weighted by Crippen LogP contribution is -2.21. The third kappa shape index (κ3) is 4.02. The van der Waals surface area contributed by atoms with Gasteiger partial charge in [0.25, 0.3) is 0 Å². The molecule has 0 bridgehead atoms. The van der Waals surface area contributed by atoms with Crippen LogP contribution in [0.25, 0.3) is 0 Å². The molecule has 0 fully saturated rings. The van der Waals surface area contributed by atoms with Gasteiger partial charge in [-0.2, -0.15) is 0 Å². The lowest BCUT2D eigenvalue weighted by molar-refractivity contribution is 0.128. The molecule has 0 aliphatic heterocycles. The van der Waals surface area contributed by atoms with Crippen LogP contribution in [0.4, 0.5) is 4.39 Å². The van der Waals surface area contributed by atoms with Crippen molar-refractivity contribution >= 4 is 0 Å². The molecule has 0 saturated heterocycles. The highest BCUT2D eigenvalue weighted by Gasteiger charge is 2.23. The maximum Gasteiger partial charge on any atom is 0.126 e. The van der Waals surface area contributed by atoms with Gasteiger partial charge in [0, 0.05) is 19.3 Å². The number of fused-ring (bicyclic) bond motifs is 1. The summed E-state index contributed by atoms with van der Waals surface area (Å²) < 4.78 is 19.1.